The molecular formula is C22H20FNO6S. The van der Waals surface area contributed by atoms with Gasteiger partial charge in [-0.2, -0.15) is 0 Å². The number of halogens is 1. The third-order valence-electron chi connectivity index (χ3n) is 4.23. The molecule has 1 heterocycles. The van der Waals surface area contributed by atoms with Gasteiger partial charge in [0.2, 0.25) is 0 Å². The van der Waals surface area contributed by atoms with E-state index in [1.165, 1.54) is 25.3 Å². The fraction of sp³-hybridized carbons (Fsp3) is 0.227. The number of amides is 2. The predicted molar refractivity (Wildman–Crippen MR) is 113 cm³/mol. The van der Waals surface area contributed by atoms with Crippen molar-refractivity contribution in [3.05, 3.63) is 64.3 Å². The van der Waals surface area contributed by atoms with Crippen LogP contribution in [0.15, 0.2) is 47.4 Å². The molecule has 0 radical (unpaired) electrons. The van der Waals surface area contributed by atoms with Crippen molar-refractivity contribution in [2.45, 2.75) is 13.5 Å². The van der Waals surface area contributed by atoms with Crippen LogP contribution in [0.4, 0.5) is 9.18 Å². The number of benzene rings is 2. The maximum Gasteiger partial charge on any atom is 0.326 e. The van der Waals surface area contributed by atoms with Crippen molar-refractivity contribution >= 4 is 35.0 Å². The molecule has 0 saturated carbocycles. The lowest BCUT2D eigenvalue weighted by atomic mass is 10.1. The molecule has 1 saturated heterocycles. The van der Waals surface area contributed by atoms with Crippen LogP contribution >= 0.6 is 11.8 Å². The van der Waals surface area contributed by atoms with Gasteiger partial charge in [-0.15, -0.1) is 0 Å². The molecule has 0 spiro atoms. The van der Waals surface area contributed by atoms with E-state index in [1.54, 1.807) is 37.3 Å². The number of nitrogens with zero attached hydrogens (tertiary/aromatic N) is 1. The average Bonchev–Trinajstić information content (AvgIpc) is 3.00. The van der Waals surface area contributed by atoms with Crippen molar-refractivity contribution in [1.82, 2.24) is 4.90 Å². The van der Waals surface area contributed by atoms with Crippen molar-refractivity contribution in [3.63, 3.8) is 0 Å². The minimum Gasteiger partial charge on any atom is -0.493 e. The molecule has 0 aliphatic carbocycles. The molecule has 162 valence electrons. The topological polar surface area (TPSA) is 82.1 Å². The van der Waals surface area contributed by atoms with Gasteiger partial charge in [-0.3, -0.25) is 19.3 Å². The number of thioether (sulfide) groups is 1. The smallest absolute Gasteiger partial charge is 0.326 e. The number of hydrogen-bond acceptors (Lipinski definition) is 7. The fourth-order valence-corrected chi connectivity index (χ4v) is 3.64. The molecule has 0 bridgehead atoms. The number of methoxy groups -OCH3 is 1. The van der Waals surface area contributed by atoms with Crippen molar-refractivity contribution < 1.29 is 33.0 Å². The summed E-state index contributed by atoms with van der Waals surface area (Å²) in [6.07, 6.45) is 1.54. The highest BCUT2D eigenvalue weighted by Crippen LogP contribution is 2.34. The van der Waals surface area contributed by atoms with Gasteiger partial charge in [0, 0.05) is 0 Å². The number of imide groups is 1. The second-order valence-corrected chi connectivity index (χ2v) is 7.39. The molecule has 1 aliphatic heterocycles. The van der Waals surface area contributed by atoms with Gasteiger partial charge in [0.25, 0.3) is 11.1 Å². The average molecular weight is 445 g/mol. The molecule has 0 atom stereocenters. The fourth-order valence-electron chi connectivity index (χ4n) is 2.80. The van der Waals surface area contributed by atoms with Gasteiger partial charge in [0.1, 0.15) is 19.0 Å². The third kappa shape index (κ3) is 5.64. The highest BCUT2D eigenvalue weighted by molar-refractivity contribution is 8.18. The first-order valence-corrected chi connectivity index (χ1v) is 10.2. The number of carbonyl (C=O) groups is 3. The molecule has 2 amide bonds. The minimum absolute atomic E-state index is 0.153. The molecule has 3 rings (SSSR count). The quantitative estimate of drug-likeness (QED) is 0.448. The van der Waals surface area contributed by atoms with Crippen LogP contribution in [0.5, 0.6) is 11.5 Å². The Hall–Kier alpha value is -3.33. The summed E-state index contributed by atoms with van der Waals surface area (Å²) in [4.78, 5) is 37.2. The summed E-state index contributed by atoms with van der Waals surface area (Å²) in [5, 5.41) is -0.536. The van der Waals surface area contributed by atoms with Crippen molar-refractivity contribution in [1.29, 1.82) is 0 Å². The van der Waals surface area contributed by atoms with E-state index in [9.17, 15) is 18.8 Å². The molecule has 2 aromatic rings. The Morgan fingerprint density at radius 2 is 1.97 bits per heavy atom. The van der Waals surface area contributed by atoms with E-state index in [1.807, 2.05) is 0 Å². The molecule has 1 aliphatic rings. The zero-order valence-electron chi connectivity index (χ0n) is 16.9. The molecule has 2 aromatic carbocycles. The van der Waals surface area contributed by atoms with E-state index < -0.39 is 23.7 Å². The van der Waals surface area contributed by atoms with E-state index in [0.29, 0.717) is 22.6 Å². The lowest BCUT2D eigenvalue weighted by Gasteiger charge is -2.12. The predicted octanol–water partition coefficient (Wildman–Crippen LogP) is 4.01. The Balaban J connectivity index is 1.73. The van der Waals surface area contributed by atoms with Crippen LogP contribution < -0.4 is 9.47 Å². The number of ether oxygens (including phenoxy) is 3. The summed E-state index contributed by atoms with van der Waals surface area (Å²) >= 11 is 0.746. The first-order valence-electron chi connectivity index (χ1n) is 9.37. The van der Waals surface area contributed by atoms with E-state index in [4.69, 9.17) is 14.2 Å². The first kappa shape index (κ1) is 22.4. The zero-order chi connectivity index (χ0) is 22.4. The second kappa shape index (κ2) is 10.1. The SMILES string of the molecule is CCOC(=O)CN1C(=O)SC(=Cc2ccc(OCc3cccc(F)c3)c(OC)c2)C1=O. The van der Waals surface area contributed by atoms with E-state index in [2.05, 4.69) is 0 Å². The first-order chi connectivity index (χ1) is 14.9. The summed E-state index contributed by atoms with van der Waals surface area (Å²) in [6.45, 7) is 1.54. The zero-order valence-corrected chi connectivity index (χ0v) is 17.7. The Morgan fingerprint density at radius 1 is 1.16 bits per heavy atom. The second-order valence-electron chi connectivity index (χ2n) is 6.40. The van der Waals surface area contributed by atoms with Gasteiger partial charge < -0.3 is 14.2 Å². The van der Waals surface area contributed by atoms with Crippen molar-refractivity contribution in [3.8, 4) is 11.5 Å². The Morgan fingerprint density at radius 3 is 2.68 bits per heavy atom. The normalized spacial score (nSPS) is 14.8. The van der Waals surface area contributed by atoms with E-state index in [0.717, 1.165) is 16.7 Å². The van der Waals surface area contributed by atoms with Gasteiger partial charge in [-0.1, -0.05) is 18.2 Å². The molecule has 7 nitrogen and oxygen atoms in total. The molecular weight excluding hydrogens is 425 g/mol. The molecule has 0 aromatic heterocycles. The molecule has 31 heavy (non-hydrogen) atoms. The van der Waals surface area contributed by atoms with Gasteiger partial charge in [-0.25, -0.2) is 4.39 Å². The van der Waals surface area contributed by atoms with Gasteiger partial charge in [0.05, 0.1) is 18.6 Å². The number of rotatable bonds is 8. The van der Waals surface area contributed by atoms with Crippen LogP contribution in [-0.2, 0) is 20.9 Å². The lowest BCUT2D eigenvalue weighted by Crippen LogP contribution is -2.34. The van der Waals surface area contributed by atoms with Gasteiger partial charge in [-0.05, 0) is 60.2 Å². The molecule has 9 heteroatoms. The maximum absolute atomic E-state index is 13.3. The van der Waals surface area contributed by atoms with Crippen LogP contribution in [-0.4, -0.2) is 42.3 Å². The summed E-state index contributed by atoms with van der Waals surface area (Å²) in [7, 11) is 1.47. The summed E-state index contributed by atoms with van der Waals surface area (Å²) in [5.74, 6) is -0.698. The summed E-state index contributed by atoms with van der Waals surface area (Å²) in [5.41, 5.74) is 1.28. The monoisotopic (exact) mass is 445 g/mol. The van der Waals surface area contributed by atoms with E-state index in [-0.39, 0.29) is 23.9 Å². The van der Waals surface area contributed by atoms with Crippen molar-refractivity contribution in [2.75, 3.05) is 20.3 Å². The summed E-state index contributed by atoms with van der Waals surface area (Å²) < 4.78 is 29.2. The molecule has 0 N–H and O–H groups in total. The van der Waals surface area contributed by atoms with Crippen molar-refractivity contribution in [2.24, 2.45) is 0 Å². The Bertz CT molecular complexity index is 1040. The maximum atomic E-state index is 13.3. The third-order valence-corrected chi connectivity index (χ3v) is 5.14. The number of hydrogen-bond donors (Lipinski definition) is 0. The molecule has 1 fully saturated rings. The summed E-state index contributed by atoms with van der Waals surface area (Å²) in [6, 6.07) is 11.1. The van der Waals surface area contributed by atoms with Crippen LogP contribution in [0.3, 0.4) is 0 Å². The van der Waals surface area contributed by atoms with Gasteiger partial charge in [0.15, 0.2) is 11.5 Å². The van der Waals surface area contributed by atoms with E-state index >= 15 is 0 Å². The van der Waals surface area contributed by atoms with Crippen LogP contribution in [0.1, 0.15) is 18.1 Å². The lowest BCUT2D eigenvalue weighted by molar-refractivity contribution is -0.145. The highest BCUT2D eigenvalue weighted by atomic mass is 32.2. The standard InChI is InChI=1S/C22H20FNO6S/c1-3-29-20(25)12-24-21(26)19(31-22(24)27)11-14-7-8-17(18(10-14)28-2)30-13-15-5-4-6-16(23)9-15/h4-11H,3,12-13H2,1-2H3. The van der Waals surface area contributed by atoms with Gasteiger partial charge >= 0.3 is 5.97 Å². The number of carbonyl (C=O) groups excluding carboxylic acids is 3. The molecule has 0 unspecified atom stereocenters. The highest BCUT2D eigenvalue weighted by Gasteiger charge is 2.36. The largest absolute Gasteiger partial charge is 0.493 e. The number of esters is 1. The van der Waals surface area contributed by atoms with Crippen LogP contribution in [0.25, 0.3) is 6.08 Å². The Kier molecular flexibility index (Phi) is 7.30. The van der Waals surface area contributed by atoms with Crippen LogP contribution in [0.2, 0.25) is 0 Å². The Labute approximate surface area is 182 Å². The minimum atomic E-state index is -0.646. The van der Waals surface area contributed by atoms with Crippen LogP contribution in [0, 0.1) is 5.82 Å².